The molecule has 2 rings (SSSR count). The molecule has 0 amide bonds. The maximum Gasteiger partial charge on any atom is 0.271 e. The van der Waals surface area contributed by atoms with E-state index in [9.17, 15) is 8.42 Å². The fourth-order valence-corrected chi connectivity index (χ4v) is 3.45. The van der Waals surface area contributed by atoms with Crippen LogP contribution in [0.2, 0.25) is 0 Å². The summed E-state index contributed by atoms with van der Waals surface area (Å²) in [5.41, 5.74) is 0.994. The van der Waals surface area contributed by atoms with E-state index in [-0.39, 0.29) is 10.8 Å². The Balaban J connectivity index is 2.25. The molecular formula is C10H10N2O3S2. The summed E-state index contributed by atoms with van der Waals surface area (Å²) in [7, 11) is -3.59. The minimum Gasteiger partial charge on any atom is -0.392 e. The summed E-state index contributed by atoms with van der Waals surface area (Å²) in [6.45, 7) is -0.168. The van der Waals surface area contributed by atoms with Gasteiger partial charge in [0.05, 0.1) is 18.5 Å². The third kappa shape index (κ3) is 2.82. The standard InChI is InChI=1S/C10H10N2O3S2/c13-6-8-4-10(16-7-8)17(14,15)12-9-2-1-3-11-5-9/h1-5,7,12-13H,6H2. The number of thiophene rings is 1. The second-order valence-corrected chi connectivity index (χ2v) is 6.10. The van der Waals surface area contributed by atoms with Gasteiger partial charge in [-0.3, -0.25) is 9.71 Å². The fourth-order valence-electron chi connectivity index (χ4n) is 1.21. The molecule has 7 heteroatoms. The first-order valence-electron chi connectivity index (χ1n) is 4.73. The number of hydrogen-bond acceptors (Lipinski definition) is 5. The molecule has 0 aliphatic rings. The Morgan fingerprint density at radius 1 is 1.47 bits per heavy atom. The maximum absolute atomic E-state index is 11.9. The third-order valence-corrected chi connectivity index (χ3v) is 4.86. The molecule has 0 saturated heterocycles. The number of rotatable bonds is 4. The average Bonchev–Trinajstić information content (AvgIpc) is 2.79. The van der Waals surface area contributed by atoms with Crippen LogP contribution in [0.15, 0.2) is 40.2 Å². The Labute approximate surface area is 103 Å². The monoisotopic (exact) mass is 270 g/mol. The second kappa shape index (κ2) is 4.82. The predicted octanol–water partition coefficient (Wildman–Crippen LogP) is 1.44. The number of pyridine rings is 1. The van der Waals surface area contributed by atoms with Crippen LogP contribution in [0.1, 0.15) is 5.56 Å². The van der Waals surface area contributed by atoms with Crippen LogP contribution >= 0.6 is 11.3 Å². The van der Waals surface area contributed by atoms with Gasteiger partial charge in [-0.15, -0.1) is 11.3 Å². The van der Waals surface area contributed by atoms with Gasteiger partial charge in [-0.25, -0.2) is 8.42 Å². The lowest BCUT2D eigenvalue weighted by molar-refractivity contribution is 0.282. The van der Waals surface area contributed by atoms with Gasteiger partial charge in [0.25, 0.3) is 10.0 Å². The highest BCUT2D eigenvalue weighted by Gasteiger charge is 2.16. The summed E-state index contributed by atoms with van der Waals surface area (Å²) in [6, 6.07) is 4.71. The Bertz CT molecular complexity index is 593. The summed E-state index contributed by atoms with van der Waals surface area (Å²) in [5, 5.41) is 10.5. The molecule has 0 aromatic carbocycles. The lowest BCUT2D eigenvalue weighted by Crippen LogP contribution is -2.11. The largest absolute Gasteiger partial charge is 0.392 e. The van der Waals surface area contributed by atoms with Crippen molar-refractivity contribution in [2.75, 3.05) is 4.72 Å². The molecule has 2 heterocycles. The van der Waals surface area contributed by atoms with E-state index in [0.717, 1.165) is 11.3 Å². The number of sulfonamides is 1. The van der Waals surface area contributed by atoms with Crippen molar-refractivity contribution in [3.63, 3.8) is 0 Å². The molecule has 90 valence electrons. The van der Waals surface area contributed by atoms with Crippen molar-refractivity contribution in [2.24, 2.45) is 0 Å². The van der Waals surface area contributed by atoms with Crippen molar-refractivity contribution < 1.29 is 13.5 Å². The minimum atomic E-state index is -3.59. The number of nitrogens with zero attached hydrogens (tertiary/aromatic N) is 1. The minimum absolute atomic E-state index is 0.168. The summed E-state index contributed by atoms with van der Waals surface area (Å²) in [4.78, 5) is 3.82. The van der Waals surface area contributed by atoms with E-state index in [1.54, 1.807) is 23.7 Å². The van der Waals surface area contributed by atoms with Gasteiger partial charge < -0.3 is 5.11 Å². The molecule has 2 N–H and O–H groups in total. The van der Waals surface area contributed by atoms with Crippen LogP contribution in [0, 0.1) is 0 Å². The van der Waals surface area contributed by atoms with Gasteiger partial charge in [-0.1, -0.05) is 0 Å². The molecule has 2 aromatic heterocycles. The van der Waals surface area contributed by atoms with Crippen molar-refractivity contribution in [3.05, 3.63) is 41.5 Å². The van der Waals surface area contributed by atoms with Gasteiger partial charge in [0.1, 0.15) is 4.21 Å². The van der Waals surface area contributed by atoms with E-state index < -0.39 is 10.0 Å². The topological polar surface area (TPSA) is 79.3 Å². The van der Waals surface area contributed by atoms with Gasteiger partial charge in [-0.05, 0) is 29.1 Å². The van der Waals surface area contributed by atoms with Crippen LogP contribution in [-0.2, 0) is 16.6 Å². The third-order valence-electron chi connectivity index (χ3n) is 1.99. The molecule has 0 unspecified atom stereocenters. The van der Waals surface area contributed by atoms with Crippen LogP contribution in [0.3, 0.4) is 0 Å². The Hall–Kier alpha value is -1.44. The van der Waals surface area contributed by atoms with Crippen LogP contribution < -0.4 is 4.72 Å². The van der Waals surface area contributed by atoms with Crippen molar-refractivity contribution in [2.45, 2.75) is 10.8 Å². The molecule has 17 heavy (non-hydrogen) atoms. The number of aliphatic hydroxyl groups excluding tert-OH is 1. The van der Waals surface area contributed by atoms with Crippen molar-refractivity contribution >= 4 is 27.0 Å². The van der Waals surface area contributed by atoms with Gasteiger partial charge in [0.2, 0.25) is 0 Å². The van der Waals surface area contributed by atoms with E-state index >= 15 is 0 Å². The molecular weight excluding hydrogens is 260 g/mol. The van der Waals surface area contributed by atoms with Gasteiger partial charge in [-0.2, -0.15) is 0 Å². The molecule has 5 nitrogen and oxygen atoms in total. The van der Waals surface area contributed by atoms with Crippen LogP contribution in [-0.4, -0.2) is 18.5 Å². The van der Waals surface area contributed by atoms with E-state index in [1.165, 1.54) is 12.3 Å². The quantitative estimate of drug-likeness (QED) is 0.881. The normalized spacial score (nSPS) is 11.4. The molecule has 0 atom stereocenters. The molecule has 0 fully saturated rings. The van der Waals surface area contributed by atoms with Crippen LogP contribution in [0.5, 0.6) is 0 Å². The first kappa shape index (κ1) is 12.0. The highest BCUT2D eigenvalue weighted by Crippen LogP contribution is 2.22. The van der Waals surface area contributed by atoms with Gasteiger partial charge >= 0.3 is 0 Å². The SMILES string of the molecule is O=S(=O)(Nc1cccnc1)c1cc(CO)cs1. The number of nitrogens with one attached hydrogen (secondary N) is 1. The lowest BCUT2D eigenvalue weighted by Gasteiger charge is -2.04. The van der Waals surface area contributed by atoms with Crippen molar-refractivity contribution in [1.82, 2.24) is 4.98 Å². The number of anilines is 1. The maximum atomic E-state index is 11.9. The van der Waals surface area contributed by atoms with E-state index in [0.29, 0.717) is 11.3 Å². The molecule has 0 spiro atoms. The molecule has 0 radical (unpaired) electrons. The Kier molecular flexibility index (Phi) is 3.41. The van der Waals surface area contributed by atoms with Crippen LogP contribution in [0.25, 0.3) is 0 Å². The van der Waals surface area contributed by atoms with Crippen molar-refractivity contribution in [1.29, 1.82) is 0 Å². The lowest BCUT2D eigenvalue weighted by atomic mass is 10.4. The summed E-state index contributed by atoms with van der Waals surface area (Å²) in [6.07, 6.45) is 2.99. The predicted molar refractivity (Wildman–Crippen MR) is 65.3 cm³/mol. The zero-order valence-corrected chi connectivity index (χ0v) is 10.3. The molecule has 2 aromatic rings. The summed E-state index contributed by atoms with van der Waals surface area (Å²) in [5.74, 6) is 0. The van der Waals surface area contributed by atoms with E-state index in [4.69, 9.17) is 5.11 Å². The Morgan fingerprint density at radius 3 is 2.88 bits per heavy atom. The zero-order valence-electron chi connectivity index (χ0n) is 8.70. The number of hydrogen-bond donors (Lipinski definition) is 2. The smallest absolute Gasteiger partial charge is 0.271 e. The summed E-state index contributed by atoms with van der Waals surface area (Å²) < 4.78 is 26.4. The molecule has 0 saturated carbocycles. The highest BCUT2D eigenvalue weighted by molar-refractivity contribution is 7.94. The molecule has 0 aliphatic carbocycles. The van der Waals surface area contributed by atoms with E-state index in [2.05, 4.69) is 9.71 Å². The highest BCUT2D eigenvalue weighted by atomic mass is 32.2. The molecule has 0 bridgehead atoms. The first-order valence-corrected chi connectivity index (χ1v) is 7.09. The van der Waals surface area contributed by atoms with E-state index in [1.807, 2.05) is 0 Å². The zero-order chi connectivity index (χ0) is 12.3. The Morgan fingerprint density at radius 2 is 2.29 bits per heavy atom. The van der Waals surface area contributed by atoms with Crippen LogP contribution in [0.4, 0.5) is 5.69 Å². The number of aromatic nitrogens is 1. The van der Waals surface area contributed by atoms with Gasteiger partial charge in [0.15, 0.2) is 0 Å². The number of aliphatic hydroxyl groups is 1. The van der Waals surface area contributed by atoms with Gasteiger partial charge in [0, 0.05) is 6.20 Å². The molecule has 0 aliphatic heterocycles. The fraction of sp³-hybridized carbons (Fsp3) is 0.100. The average molecular weight is 270 g/mol. The first-order chi connectivity index (χ1) is 8.12. The summed E-state index contributed by atoms with van der Waals surface area (Å²) >= 11 is 1.07. The second-order valence-electron chi connectivity index (χ2n) is 3.28. The van der Waals surface area contributed by atoms with Crippen molar-refractivity contribution in [3.8, 4) is 0 Å².